The summed E-state index contributed by atoms with van der Waals surface area (Å²) in [6.45, 7) is 0. The number of hydrogen-bond acceptors (Lipinski definition) is 0. The molecule has 0 saturated heterocycles. The van der Waals surface area contributed by atoms with Gasteiger partial charge in [-0.25, -0.2) is 0 Å². The summed E-state index contributed by atoms with van der Waals surface area (Å²) in [4.78, 5) is 0. The number of rotatable bonds is 6. The van der Waals surface area contributed by atoms with Crippen LogP contribution in [0, 0.1) is 0 Å². The first-order valence-corrected chi connectivity index (χ1v) is 19.6. The van der Waals surface area contributed by atoms with E-state index in [2.05, 4.69) is 215 Å². The van der Waals surface area contributed by atoms with Crippen LogP contribution in [0.2, 0.25) is 0 Å². The lowest BCUT2D eigenvalue weighted by Gasteiger charge is -2.12. The van der Waals surface area contributed by atoms with Crippen molar-refractivity contribution in [2.45, 2.75) is 12.8 Å². The molecule has 0 saturated carbocycles. The molecule has 0 fully saturated rings. The van der Waals surface area contributed by atoms with E-state index in [9.17, 15) is 0 Å². The van der Waals surface area contributed by atoms with Crippen LogP contribution in [0.4, 0.5) is 0 Å². The van der Waals surface area contributed by atoms with E-state index in [1.54, 1.807) is 0 Å². The van der Waals surface area contributed by atoms with Gasteiger partial charge >= 0.3 is 0 Å². The van der Waals surface area contributed by atoms with Gasteiger partial charge in [0.15, 0.2) is 0 Å². The molecule has 10 aromatic rings. The maximum atomic E-state index is 2.45. The minimum Gasteiger partial charge on any atom is -0.309 e. The smallest absolute Gasteiger partial charge is 0.0548 e. The van der Waals surface area contributed by atoms with Crippen molar-refractivity contribution >= 4 is 49.2 Å². The monoisotopic (exact) mass is 714 g/mol. The molecule has 8 aromatic carbocycles. The summed E-state index contributed by atoms with van der Waals surface area (Å²) in [6.07, 6.45) is 9.10. The predicted molar refractivity (Wildman–Crippen MR) is 238 cm³/mol. The summed E-state index contributed by atoms with van der Waals surface area (Å²) < 4.78 is 4.88. The van der Waals surface area contributed by atoms with E-state index in [1.165, 1.54) is 88.1 Å². The van der Waals surface area contributed by atoms with Crippen molar-refractivity contribution < 1.29 is 0 Å². The molecule has 2 nitrogen and oxygen atoms in total. The molecule has 2 heterocycles. The zero-order chi connectivity index (χ0) is 37.0. The second-order valence-corrected chi connectivity index (χ2v) is 14.8. The molecule has 0 unspecified atom stereocenters. The lowest BCUT2D eigenvalue weighted by Crippen LogP contribution is -1.95. The summed E-state index contributed by atoms with van der Waals surface area (Å²) in [5.41, 5.74) is 17.0. The van der Waals surface area contributed by atoms with Crippen LogP contribution in [0.1, 0.15) is 18.4 Å². The number of aromatic nitrogens is 2. The lowest BCUT2D eigenvalue weighted by molar-refractivity contribution is 1.04. The van der Waals surface area contributed by atoms with E-state index in [1.807, 2.05) is 0 Å². The average Bonchev–Trinajstić information content (AvgIpc) is 3.80. The fourth-order valence-corrected chi connectivity index (χ4v) is 8.89. The topological polar surface area (TPSA) is 9.86 Å². The Morgan fingerprint density at radius 1 is 0.321 bits per heavy atom. The number of fused-ring (bicyclic) bond motifs is 7. The van der Waals surface area contributed by atoms with Crippen LogP contribution < -0.4 is 0 Å². The number of para-hydroxylation sites is 2. The Kier molecular flexibility index (Phi) is 7.67. The second kappa shape index (κ2) is 13.3. The minimum absolute atomic E-state index is 1.11. The minimum atomic E-state index is 1.11. The molecule has 264 valence electrons. The fraction of sp³-hybridized carbons (Fsp3) is 0.0370. The first-order valence-electron chi connectivity index (χ1n) is 19.6. The maximum Gasteiger partial charge on any atom is 0.0548 e. The van der Waals surface area contributed by atoms with Gasteiger partial charge < -0.3 is 9.13 Å². The van der Waals surface area contributed by atoms with Crippen LogP contribution in [0.3, 0.4) is 0 Å². The molecular weight excluding hydrogens is 677 g/mol. The molecule has 2 aromatic heterocycles. The van der Waals surface area contributed by atoms with Gasteiger partial charge in [-0.05, 0) is 112 Å². The summed E-state index contributed by atoms with van der Waals surface area (Å²) in [5.74, 6) is 0. The van der Waals surface area contributed by atoms with Gasteiger partial charge in [-0.1, -0.05) is 152 Å². The van der Waals surface area contributed by atoms with E-state index in [4.69, 9.17) is 0 Å². The number of benzene rings is 8. The van der Waals surface area contributed by atoms with E-state index < -0.39 is 0 Å². The van der Waals surface area contributed by atoms with Crippen LogP contribution in [0.5, 0.6) is 0 Å². The van der Waals surface area contributed by atoms with Gasteiger partial charge in [0.2, 0.25) is 0 Å². The maximum absolute atomic E-state index is 2.45. The predicted octanol–water partition coefficient (Wildman–Crippen LogP) is 14.6. The molecule has 0 spiro atoms. The van der Waals surface area contributed by atoms with Crippen molar-refractivity contribution in [3.63, 3.8) is 0 Å². The molecule has 0 atom stereocenters. The summed E-state index contributed by atoms with van der Waals surface area (Å²) in [7, 11) is 0. The van der Waals surface area contributed by atoms with Crippen molar-refractivity contribution in [3.8, 4) is 44.8 Å². The Labute approximate surface area is 326 Å². The first-order chi connectivity index (χ1) is 27.8. The third-order valence-corrected chi connectivity index (χ3v) is 11.6. The Morgan fingerprint density at radius 2 is 0.821 bits per heavy atom. The van der Waals surface area contributed by atoms with Gasteiger partial charge in [-0.2, -0.15) is 0 Å². The standard InChI is InChI=1S/C54H38N2/c1-3-13-37(14-4-1)39-25-27-40(28-26-39)44-19-12-20-46(36-44)56-50-24-10-8-22-48(50)54-52(56)34-33-51-53(54)47-21-7-9-23-49(47)55(51)45-31-29-41(30-32-45)43-18-11-17-42(35-43)38-15-5-2-6-16-38/h2-3,5-36H,1,4H2. The third-order valence-electron chi connectivity index (χ3n) is 11.6. The first kappa shape index (κ1) is 32.3. The van der Waals surface area contributed by atoms with Gasteiger partial charge in [0.05, 0.1) is 22.1 Å². The van der Waals surface area contributed by atoms with E-state index in [-0.39, 0.29) is 0 Å². The van der Waals surface area contributed by atoms with Gasteiger partial charge in [0.25, 0.3) is 0 Å². The van der Waals surface area contributed by atoms with Crippen molar-refractivity contribution in [2.75, 3.05) is 0 Å². The molecule has 0 aliphatic heterocycles. The van der Waals surface area contributed by atoms with E-state index >= 15 is 0 Å². The van der Waals surface area contributed by atoms with Crippen LogP contribution in [0.15, 0.2) is 206 Å². The van der Waals surface area contributed by atoms with Crippen LogP contribution >= 0.6 is 0 Å². The molecule has 56 heavy (non-hydrogen) atoms. The van der Waals surface area contributed by atoms with Crippen molar-refractivity contribution in [3.05, 3.63) is 212 Å². The molecule has 1 aliphatic rings. The van der Waals surface area contributed by atoms with Crippen LogP contribution in [-0.2, 0) is 0 Å². The molecule has 0 bridgehead atoms. The van der Waals surface area contributed by atoms with Crippen molar-refractivity contribution in [1.29, 1.82) is 0 Å². The molecule has 0 N–H and O–H groups in total. The average molecular weight is 715 g/mol. The third kappa shape index (κ3) is 5.33. The molecule has 0 radical (unpaired) electrons. The van der Waals surface area contributed by atoms with Crippen molar-refractivity contribution in [2.24, 2.45) is 0 Å². The summed E-state index contributed by atoms with van der Waals surface area (Å²) >= 11 is 0. The summed E-state index contributed by atoms with van der Waals surface area (Å²) in [6, 6.07) is 68.9. The Balaban J connectivity index is 1.04. The van der Waals surface area contributed by atoms with E-state index in [0.29, 0.717) is 0 Å². The second-order valence-electron chi connectivity index (χ2n) is 14.8. The zero-order valence-electron chi connectivity index (χ0n) is 30.9. The molecule has 2 heteroatoms. The Hall–Kier alpha value is -7.16. The SMILES string of the molecule is C1=CC(c2ccc(-c3cccc(-n4c5ccccc5c5c6c7ccccc7n(-c7ccc(-c8cccc(-c9ccccc9)c8)cc7)c6ccc54)c3)cc2)=CCC1. The van der Waals surface area contributed by atoms with Crippen LogP contribution in [0.25, 0.3) is 93.9 Å². The molecular formula is C54H38N2. The largest absolute Gasteiger partial charge is 0.309 e. The summed E-state index contributed by atoms with van der Waals surface area (Å²) in [5, 5.41) is 5.08. The van der Waals surface area contributed by atoms with Crippen molar-refractivity contribution in [1.82, 2.24) is 9.13 Å². The Bertz CT molecular complexity index is 3150. The Morgan fingerprint density at radius 3 is 1.45 bits per heavy atom. The zero-order valence-corrected chi connectivity index (χ0v) is 30.9. The molecule has 1 aliphatic carbocycles. The van der Waals surface area contributed by atoms with Crippen LogP contribution in [-0.4, -0.2) is 9.13 Å². The number of allylic oxidation sites excluding steroid dienone is 4. The van der Waals surface area contributed by atoms with Gasteiger partial charge in [0, 0.05) is 32.9 Å². The fourth-order valence-electron chi connectivity index (χ4n) is 8.89. The normalized spacial score (nSPS) is 12.9. The number of hydrogen-bond donors (Lipinski definition) is 0. The highest BCUT2D eigenvalue weighted by atomic mass is 15.0. The molecule has 0 amide bonds. The quantitative estimate of drug-likeness (QED) is 0.162. The van der Waals surface area contributed by atoms with Gasteiger partial charge in [0.1, 0.15) is 0 Å². The number of nitrogens with zero attached hydrogens (tertiary/aromatic N) is 2. The highest BCUT2D eigenvalue weighted by molar-refractivity contribution is 6.28. The van der Waals surface area contributed by atoms with Gasteiger partial charge in [-0.15, -0.1) is 0 Å². The lowest BCUT2D eigenvalue weighted by atomic mass is 9.97. The highest BCUT2D eigenvalue weighted by Crippen LogP contribution is 2.43. The highest BCUT2D eigenvalue weighted by Gasteiger charge is 2.20. The van der Waals surface area contributed by atoms with Gasteiger partial charge in [-0.3, -0.25) is 0 Å². The molecule has 11 rings (SSSR count). The van der Waals surface area contributed by atoms with E-state index in [0.717, 1.165) is 24.2 Å².